The first kappa shape index (κ1) is 11.5. The Hall–Kier alpha value is -0.610. The molecule has 4 nitrogen and oxygen atoms in total. The summed E-state index contributed by atoms with van der Waals surface area (Å²) in [5, 5.41) is 3.22. The van der Waals surface area contributed by atoms with Crippen molar-refractivity contribution >= 4 is 5.91 Å². The van der Waals surface area contributed by atoms with E-state index in [4.69, 9.17) is 4.74 Å². The van der Waals surface area contributed by atoms with Gasteiger partial charge in [0.2, 0.25) is 5.91 Å². The van der Waals surface area contributed by atoms with Gasteiger partial charge in [0.15, 0.2) is 0 Å². The van der Waals surface area contributed by atoms with Gasteiger partial charge in [0.05, 0.1) is 6.04 Å². The van der Waals surface area contributed by atoms with Crippen molar-refractivity contribution in [1.82, 2.24) is 10.2 Å². The average Bonchev–Trinajstić information content (AvgIpc) is 2.21. The fourth-order valence-electron chi connectivity index (χ4n) is 1.73. The molecule has 1 saturated heterocycles. The summed E-state index contributed by atoms with van der Waals surface area (Å²) in [6.45, 7) is 5.34. The molecule has 1 fully saturated rings. The number of piperazine rings is 1. The Morgan fingerprint density at radius 2 is 2.43 bits per heavy atom. The van der Waals surface area contributed by atoms with Gasteiger partial charge in [-0.3, -0.25) is 4.79 Å². The summed E-state index contributed by atoms with van der Waals surface area (Å²) in [5.41, 5.74) is 0. The second-order valence-corrected chi connectivity index (χ2v) is 3.59. The van der Waals surface area contributed by atoms with Crippen molar-refractivity contribution in [2.75, 3.05) is 33.4 Å². The van der Waals surface area contributed by atoms with E-state index < -0.39 is 0 Å². The van der Waals surface area contributed by atoms with Gasteiger partial charge in [-0.1, -0.05) is 6.92 Å². The first-order valence-electron chi connectivity index (χ1n) is 5.30. The summed E-state index contributed by atoms with van der Waals surface area (Å²) >= 11 is 0. The number of carbonyl (C=O) groups excluding carboxylic acids is 1. The number of nitrogens with one attached hydrogen (secondary N) is 1. The van der Waals surface area contributed by atoms with Crippen LogP contribution in [0, 0.1) is 0 Å². The highest BCUT2D eigenvalue weighted by Crippen LogP contribution is 2.05. The van der Waals surface area contributed by atoms with E-state index in [1.165, 1.54) is 0 Å². The number of amides is 1. The topological polar surface area (TPSA) is 41.6 Å². The van der Waals surface area contributed by atoms with E-state index in [0.29, 0.717) is 0 Å². The zero-order valence-corrected chi connectivity index (χ0v) is 9.08. The first-order valence-corrected chi connectivity index (χ1v) is 5.30. The lowest BCUT2D eigenvalue weighted by molar-refractivity contribution is -0.135. The molecule has 1 heterocycles. The Balaban J connectivity index is 2.32. The minimum absolute atomic E-state index is 0.0336. The molecule has 14 heavy (non-hydrogen) atoms. The third-order valence-corrected chi connectivity index (χ3v) is 2.57. The monoisotopic (exact) mass is 200 g/mol. The molecule has 0 aliphatic carbocycles. The Morgan fingerprint density at radius 3 is 3.07 bits per heavy atom. The summed E-state index contributed by atoms with van der Waals surface area (Å²) in [5.74, 6) is 0.245. The van der Waals surface area contributed by atoms with Crippen LogP contribution in [0.15, 0.2) is 0 Å². The molecule has 82 valence electrons. The third kappa shape index (κ3) is 2.96. The fourth-order valence-corrected chi connectivity index (χ4v) is 1.73. The maximum absolute atomic E-state index is 11.8. The van der Waals surface area contributed by atoms with Crippen LogP contribution >= 0.6 is 0 Å². The van der Waals surface area contributed by atoms with Gasteiger partial charge >= 0.3 is 0 Å². The molecule has 0 radical (unpaired) electrons. The number of ether oxygens (including phenoxy) is 1. The Labute approximate surface area is 85.6 Å². The molecule has 1 unspecified atom stereocenters. The van der Waals surface area contributed by atoms with Gasteiger partial charge in [0.1, 0.15) is 0 Å². The molecule has 1 rings (SSSR count). The summed E-state index contributed by atoms with van der Waals surface area (Å²) in [4.78, 5) is 13.7. The minimum Gasteiger partial charge on any atom is -0.385 e. The van der Waals surface area contributed by atoms with E-state index in [1.54, 1.807) is 7.11 Å². The summed E-state index contributed by atoms with van der Waals surface area (Å²) < 4.78 is 4.97. The van der Waals surface area contributed by atoms with Crippen molar-refractivity contribution in [3.05, 3.63) is 0 Å². The Morgan fingerprint density at radius 1 is 1.64 bits per heavy atom. The maximum atomic E-state index is 11.8. The van der Waals surface area contributed by atoms with Gasteiger partial charge in [-0.25, -0.2) is 0 Å². The summed E-state index contributed by atoms with van der Waals surface area (Å²) in [7, 11) is 1.69. The van der Waals surface area contributed by atoms with E-state index in [1.807, 2.05) is 11.8 Å². The van der Waals surface area contributed by atoms with Crippen molar-refractivity contribution < 1.29 is 9.53 Å². The van der Waals surface area contributed by atoms with Crippen LogP contribution in [0.3, 0.4) is 0 Å². The SMILES string of the molecule is CCC1NCCN(CCCOC)C1=O. The van der Waals surface area contributed by atoms with Crippen molar-refractivity contribution in [3.8, 4) is 0 Å². The number of carbonyl (C=O) groups is 1. The molecule has 1 amide bonds. The molecular formula is C10H20N2O2. The van der Waals surface area contributed by atoms with E-state index in [-0.39, 0.29) is 11.9 Å². The van der Waals surface area contributed by atoms with Crippen molar-refractivity contribution in [2.24, 2.45) is 0 Å². The van der Waals surface area contributed by atoms with E-state index in [2.05, 4.69) is 5.32 Å². The number of rotatable bonds is 5. The normalized spacial score (nSPS) is 22.9. The lowest BCUT2D eigenvalue weighted by Crippen LogP contribution is -2.54. The van der Waals surface area contributed by atoms with E-state index in [9.17, 15) is 4.79 Å². The van der Waals surface area contributed by atoms with Crippen molar-refractivity contribution in [2.45, 2.75) is 25.8 Å². The molecule has 1 aliphatic heterocycles. The molecular weight excluding hydrogens is 180 g/mol. The number of hydrogen-bond donors (Lipinski definition) is 1. The van der Waals surface area contributed by atoms with Gasteiger partial charge in [-0.05, 0) is 12.8 Å². The second-order valence-electron chi connectivity index (χ2n) is 3.59. The zero-order chi connectivity index (χ0) is 10.4. The van der Waals surface area contributed by atoms with Crippen LogP contribution in [0.4, 0.5) is 0 Å². The quantitative estimate of drug-likeness (QED) is 0.646. The van der Waals surface area contributed by atoms with E-state index in [0.717, 1.165) is 39.1 Å². The molecule has 1 aliphatic rings. The maximum Gasteiger partial charge on any atom is 0.239 e. The van der Waals surface area contributed by atoms with Gasteiger partial charge in [-0.15, -0.1) is 0 Å². The minimum atomic E-state index is 0.0336. The van der Waals surface area contributed by atoms with Gasteiger partial charge in [0, 0.05) is 33.4 Å². The van der Waals surface area contributed by atoms with Gasteiger partial charge < -0.3 is 15.0 Å². The summed E-state index contributed by atoms with van der Waals surface area (Å²) in [6, 6.07) is 0.0336. The van der Waals surface area contributed by atoms with Crippen LogP contribution in [0.25, 0.3) is 0 Å². The molecule has 4 heteroatoms. The summed E-state index contributed by atoms with van der Waals surface area (Å²) in [6.07, 6.45) is 1.80. The molecule has 1 N–H and O–H groups in total. The number of hydrogen-bond acceptors (Lipinski definition) is 3. The molecule has 1 atom stereocenters. The standard InChI is InChI=1S/C10H20N2O2/c1-3-9-10(13)12(7-5-11-9)6-4-8-14-2/h9,11H,3-8H2,1-2H3. The second kappa shape index (κ2) is 5.98. The number of nitrogens with zero attached hydrogens (tertiary/aromatic N) is 1. The smallest absolute Gasteiger partial charge is 0.239 e. The van der Waals surface area contributed by atoms with Crippen molar-refractivity contribution in [1.29, 1.82) is 0 Å². The highest BCUT2D eigenvalue weighted by Gasteiger charge is 2.25. The highest BCUT2D eigenvalue weighted by atomic mass is 16.5. The van der Waals surface area contributed by atoms with E-state index >= 15 is 0 Å². The van der Waals surface area contributed by atoms with Crippen LogP contribution in [0.2, 0.25) is 0 Å². The zero-order valence-electron chi connectivity index (χ0n) is 9.08. The van der Waals surface area contributed by atoms with Crippen LogP contribution in [0.5, 0.6) is 0 Å². The molecule has 0 aromatic heterocycles. The predicted molar refractivity (Wildman–Crippen MR) is 55.2 cm³/mol. The molecule has 0 bridgehead atoms. The highest BCUT2D eigenvalue weighted by molar-refractivity contribution is 5.82. The lowest BCUT2D eigenvalue weighted by atomic mass is 10.1. The Bertz CT molecular complexity index is 185. The van der Waals surface area contributed by atoms with Gasteiger partial charge in [-0.2, -0.15) is 0 Å². The molecule has 0 aromatic carbocycles. The van der Waals surface area contributed by atoms with Crippen LogP contribution in [-0.2, 0) is 9.53 Å². The Kier molecular flexibility index (Phi) is 4.90. The first-order chi connectivity index (χ1) is 6.79. The van der Waals surface area contributed by atoms with Crippen LogP contribution in [-0.4, -0.2) is 50.2 Å². The molecule has 0 aromatic rings. The van der Waals surface area contributed by atoms with Crippen LogP contribution < -0.4 is 5.32 Å². The van der Waals surface area contributed by atoms with Gasteiger partial charge in [0.25, 0.3) is 0 Å². The third-order valence-electron chi connectivity index (χ3n) is 2.57. The largest absolute Gasteiger partial charge is 0.385 e. The fraction of sp³-hybridized carbons (Fsp3) is 0.900. The number of methoxy groups -OCH3 is 1. The molecule has 0 spiro atoms. The van der Waals surface area contributed by atoms with Crippen LogP contribution in [0.1, 0.15) is 19.8 Å². The predicted octanol–water partition coefficient (Wildman–Crippen LogP) is 0.233. The van der Waals surface area contributed by atoms with Crippen molar-refractivity contribution in [3.63, 3.8) is 0 Å². The molecule has 0 saturated carbocycles. The lowest BCUT2D eigenvalue weighted by Gasteiger charge is -2.32. The average molecular weight is 200 g/mol.